The molecule has 0 bridgehead atoms. The Morgan fingerprint density at radius 1 is 1.50 bits per heavy atom. The van der Waals surface area contributed by atoms with Crippen molar-refractivity contribution in [3.8, 4) is 0 Å². The summed E-state index contributed by atoms with van der Waals surface area (Å²) in [5.41, 5.74) is 5.99. The van der Waals surface area contributed by atoms with Gasteiger partial charge in [-0.3, -0.25) is 0 Å². The van der Waals surface area contributed by atoms with Crippen molar-refractivity contribution < 1.29 is 4.39 Å². The number of benzene rings is 1. The molecule has 5 nitrogen and oxygen atoms in total. The average molecular weight is 239 g/mol. The van der Waals surface area contributed by atoms with Crippen molar-refractivity contribution in [1.29, 1.82) is 0 Å². The zero-order valence-electron chi connectivity index (χ0n) is 8.59. The largest absolute Gasteiger partial charge is 0.326 e. The summed E-state index contributed by atoms with van der Waals surface area (Å²) >= 11 is 1.29. The fraction of sp³-hybridized carbons (Fsp3) is 0.222. The van der Waals surface area contributed by atoms with Crippen molar-refractivity contribution in [2.24, 2.45) is 12.8 Å². The molecule has 0 aliphatic carbocycles. The van der Waals surface area contributed by atoms with Gasteiger partial charge >= 0.3 is 0 Å². The van der Waals surface area contributed by atoms with Gasteiger partial charge in [0.15, 0.2) is 0 Å². The minimum Gasteiger partial charge on any atom is -0.326 e. The maximum atomic E-state index is 13.4. The van der Waals surface area contributed by atoms with E-state index >= 15 is 0 Å². The number of nitrogens with zero attached hydrogens (tertiary/aromatic N) is 4. The summed E-state index contributed by atoms with van der Waals surface area (Å²) in [5, 5.41) is 11.6. The van der Waals surface area contributed by atoms with E-state index in [-0.39, 0.29) is 12.4 Å². The van der Waals surface area contributed by atoms with Crippen molar-refractivity contribution in [2.75, 3.05) is 0 Å². The SMILES string of the molecule is Cn1nnnc1Sc1cccc(F)c1CN. The van der Waals surface area contributed by atoms with Gasteiger partial charge in [0, 0.05) is 24.1 Å². The van der Waals surface area contributed by atoms with Crippen LogP contribution in [0.25, 0.3) is 0 Å². The van der Waals surface area contributed by atoms with Crippen molar-refractivity contribution >= 4 is 11.8 Å². The van der Waals surface area contributed by atoms with Gasteiger partial charge in [-0.25, -0.2) is 9.07 Å². The van der Waals surface area contributed by atoms with Crippen LogP contribution < -0.4 is 5.73 Å². The quantitative estimate of drug-likeness (QED) is 0.864. The van der Waals surface area contributed by atoms with Crippen molar-refractivity contribution in [3.63, 3.8) is 0 Å². The standard InChI is InChI=1S/C9H10FN5S/c1-15-9(12-13-14-15)16-8-4-2-3-7(10)6(8)5-11/h2-4H,5,11H2,1H3. The van der Waals surface area contributed by atoms with Gasteiger partial charge in [-0.2, -0.15) is 0 Å². The van der Waals surface area contributed by atoms with Crippen molar-refractivity contribution in [3.05, 3.63) is 29.6 Å². The molecule has 0 fully saturated rings. The first-order valence-corrected chi connectivity index (χ1v) is 5.41. The fourth-order valence-corrected chi connectivity index (χ4v) is 2.13. The molecule has 1 aromatic carbocycles. The number of hydrogen-bond donors (Lipinski definition) is 1. The van der Waals surface area contributed by atoms with Crippen LogP contribution in [-0.2, 0) is 13.6 Å². The molecule has 2 N–H and O–H groups in total. The molecule has 0 spiro atoms. The summed E-state index contributed by atoms with van der Waals surface area (Å²) in [6.07, 6.45) is 0. The zero-order valence-corrected chi connectivity index (χ0v) is 9.41. The van der Waals surface area contributed by atoms with Crippen LogP contribution in [-0.4, -0.2) is 20.2 Å². The predicted octanol–water partition coefficient (Wildman–Crippen LogP) is 0.959. The molecule has 7 heteroatoms. The highest BCUT2D eigenvalue weighted by Crippen LogP contribution is 2.29. The third kappa shape index (κ3) is 2.05. The van der Waals surface area contributed by atoms with Crippen molar-refractivity contribution in [2.45, 2.75) is 16.6 Å². The first-order chi connectivity index (χ1) is 7.72. The normalized spacial score (nSPS) is 10.7. The maximum absolute atomic E-state index is 13.4. The number of halogens is 1. The molecular weight excluding hydrogens is 229 g/mol. The Kier molecular flexibility index (Phi) is 3.16. The number of aromatic nitrogens is 4. The Bertz CT molecular complexity index is 498. The first-order valence-electron chi connectivity index (χ1n) is 4.60. The lowest BCUT2D eigenvalue weighted by atomic mass is 10.2. The molecule has 2 rings (SSSR count). The van der Waals surface area contributed by atoms with Crippen LogP contribution >= 0.6 is 11.8 Å². The van der Waals surface area contributed by atoms with E-state index in [1.54, 1.807) is 19.2 Å². The van der Waals surface area contributed by atoms with Crippen LogP contribution in [0.5, 0.6) is 0 Å². The summed E-state index contributed by atoms with van der Waals surface area (Å²) < 4.78 is 15.0. The Morgan fingerprint density at radius 2 is 2.31 bits per heavy atom. The lowest BCUT2D eigenvalue weighted by molar-refractivity contribution is 0.604. The molecule has 1 aromatic heterocycles. The summed E-state index contributed by atoms with van der Waals surface area (Å²) in [6, 6.07) is 4.83. The summed E-state index contributed by atoms with van der Waals surface area (Å²) in [4.78, 5) is 0.736. The lowest BCUT2D eigenvalue weighted by Gasteiger charge is -2.06. The molecule has 1 heterocycles. The molecule has 0 unspecified atom stereocenters. The second-order valence-corrected chi connectivity index (χ2v) is 4.12. The molecule has 0 saturated carbocycles. The second-order valence-electron chi connectivity index (χ2n) is 3.11. The third-order valence-electron chi connectivity index (χ3n) is 2.06. The summed E-state index contributed by atoms with van der Waals surface area (Å²) in [5.74, 6) is -0.303. The molecule has 0 atom stereocenters. The average Bonchev–Trinajstić information content (AvgIpc) is 2.65. The van der Waals surface area contributed by atoms with E-state index in [2.05, 4.69) is 15.5 Å². The van der Waals surface area contributed by atoms with Gasteiger partial charge in [-0.05, 0) is 34.3 Å². The minimum absolute atomic E-state index is 0.153. The maximum Gasteiger partial charge on any atom is 0.213 e. The van der Waals surface area contributed by atoms with Crippen LogP contribution in [0.3, 0.4) is 0 Å². The van der Waals surface area contributed by atoms with E-state index in [0.29, 0.717) is 10.7 Å². The fourth-order valence-electron chi connectivity index (χ4n) is 1.24. The van der Waals surface area contributed by atoms with E-state index in [4.69, 9.17) is 5.73 Å². The van der Waals surface area contributed by atoms with Gasteiger partial charge in [-0.15, -0.1) is 5.10 Å². The minimum atomic E-state index is -0.303. The molecular formula is C9H10FN5S. The van der Waals surface area contributed by atoms with Gasteiger partial charge in [0.2, 0.25) is 5.16 Å². The lowest BCUT2D eigenvalue weighted by Crippen LogP contribution is -2.02. The topological polar surface area (TPSA) is 69.6 Å². The molecule has 2 aromatic rings. The molecule has 0 saturated heterocycles. The smallest absolute Gasteiger partial charge is 0.213 e. The van der Waals surface area contributed by atoms with Crippen LogP contribution in [0.1, 0.15) is 5.56 Å². The van der Waals surface area contributed by atoms with Gasteiger partial charge in [-0.1, -0.05) is 6.07 Å². The van der Waals surface area contributed by atoms with E-state index < -0.39 is 0 Å². The molecule has 0 aliphatic rings. The predicted molar refractivity (Wildman–Crippen MR) is 57.2 cm³/mol. The number of rotatable bonds is 3. The monoisotopic (exact) mass is 239 g/mol. The summed E-state index contributed by atoms with van der Waals surface area (Å²) in [7, 11) is 1.73. The van der Waals surface area contributed by atoms with E-state index in [0.717, 1.165) is 4.90 Å². The Balaban J connectivity index is 2.35. The molecule has 84 valence electrons. The van der Waals surface area contributed by atoms with Crippen LogP contribution in [0.2, 0.25) is 0 Å². The molecule has 0 radical (unpaired) electrons. The third-order valence-corrected chi connectivity index (χ3v) is 3.19. The number of nitrogens with two attached hydrogens (primary N) is 1. The van der Waals surface area contributed by atoms with Gasteiger partial charge in [0.05, 0.1) is 0 Å². The highest BCUT2D eigenvalue weighted by molar-refractivity contribution is 7.99. The Hall–Kier alpha value is -1.47. The molecule has 0 amide bonds. The second kappa shape index (κ2) is 4.58. The number of aryl methyl sites for hydroxylation is 1. The van der Waals surface area contributed by atoms with Gasteiger partial charge in [0.1, 0.15) is 5.82 Å². The Labute approximate surface area is 95.8 Å². The Morgan fingerprint density at radius 3 is 2.94 bits per heavy atom. The van der Waals surface area contributed by atoms with Crippen LogP contribution in [0.4, 0.5) is 4.39 Å². The first kappa shape index (κ1) is 11.0. The van der Waals surface area contributed by atoms with Crippen LogP contribution in [0, 0.1) is 5.82 Å². The molecule has 0 aliphatic heterocycles. The van der Waals surface area contributed by atoms with E-state index in [1.165, 1.54) is 22.5 Å². The number of hydrogen-bond acceptors (Lipinski definition) is 5. The highest BCUT2D eigenvalue weighted by atomic mass is 32.2. The summed E-state index contributed by atoms with van der Waals surface area (Å²) in [6.45, 7) is 0.153. The zero-order chi connectivity index (χ0) is 11.5. The molecule has 16 heavy (non-hydrogen) atoms. The highest BCUT2D eigenvalue weighted by Gasteiger charge is 2.11. The van der Waals surface area contributed by atoms with Gasteiger partial charge in [0.25, 0.3) is 0 Å². The van der Waals surface area contributed by atoms with E-state index in [1.807, 2.05) is 0 Å². The number of tetrazole rings is 1. The van der Waals surface area contributed by atoms with E-state index in [9.17, 15) is 4.39 Å². The van der Waals surface area contributed by atoms with Gasteiger partial charge < -0.3 is 5.73 Å². The van der Waals surface area contributed by atoms with Crippen molar-refractivity contribution in [1.82, 2.24) is 20.2 Å². The van der Waals surface area contributed by atoms with Crippen LogP contribution in [0.15, 0.2) is 28.3 Å².